The molecule has 0 spiro atoms. The molecule has 1 unspecified atom stereocenters. The molecule has 2 rings (SSSR count). The minimum Gasteiger partial charge on any atom is -0.481 e. The number of nitrogens with zero attached hydrogens (tertiary/aromatic N) is 1. The first-order chi connectivity index (χ1) is 9.38. The number of amides is 3. The van der Waals surface area contributed by atoms with Crippen molar-refractivity contribution < 1.29 is 19.5 Å². The van der Waals surface area contributed by atoms with Crippen molar-refractivity contribution >= 4 is 46.8 Å². The van der Waals surface area contributed by atoms with Gasteiger partial charge in [-0.25, -0.2) is 9.69 Å². The number of halogens is 2. The molecular weight excluding hydrogens is 307 g/mol. The molecule has 8 heteroatoms. The molecule has 0 bridgehead atoms. The Labute approximate surface area is 124 Å². The fraction of sp³-hybridized carbons (Fsp3) is 0.250. The van der Waals surface area contributed by atoms with Crippen molar-refractivity contribution in [3.05, 3.63) is 28.2 Å². The van der Waals surface area contributed by atoms with Gasteiger partial charge in [0.1, 0.15) is 6.04 Å². The highest BCUT2D eigenvalue weighted by Gasteiger charge is 2.39. The standard InChI is InChI=1S/C12H10Cl2N2O4/c13-6-3-7(14)5-8(4-6)16-11(19)9(15-12(16)20)1-2-10(17)18/h3-5,9H,1-2H2,(H,15,20)(H,17,18). The van der Waals surface area contributed by atoms with E-state index in [-0.39, 0.29) is 18.5 Å². The summed E-state index contributed by atoms with van der Waals surface area (Å²) in [4.78, 5) is 35.4. The molecule has 0 aliphatic carbocycles. The van der Waals surface area contributed by atoms with Crippen molar-refractivity contribution in [2.45, 2.75) is 18.9 Å². The van der Waals surface area contributed by atoms with Crippen LogP contribution in [-0.2, 0) is 9.59 Å². The van der Waals surface area contributed by atoms with Crippen LogP contribution in [0.25, 0.3) is 0 Å². The molecule has 1 aromatic rings. The molecule has 0 saturated carbocycles. The van der Waals surface area contributed by atoms with E-state index >= 15 is 0 Å². The van der Waals surface area contributed by atoms with E-state index in [0.29, 0.717) is 10.0 Å². The predicted molar refractivity (Wildman–Crippen MR) is 73.1 cm³/mol. The van der Waals surface area contributed by atoms with Crippen molar-refractivity contribution in [1.29, 1.82) is 0 Å². The third-order valence-corrected chi connectivity index (χ3v) is 3.21. The van der Waals surface area contributed by atoms with Gasteiger partial charge in [0.25, 0.3) is 5.91 Å². The summed E-state index contributed by atoms with van der Waals surface area (Å²) in [5, 5.41) is 11.6. The minimum atomic E-state index is -1.03. The summed E-state index contributed by atoms with van der Waals surface area (Å²) in [5.41, 5.74) is 0.253. The highest BCUT2D eigenvalue weighted by Crippen LogP contribution is 2.28. The highest BCUT2D eigenvalue weighted by atomic mass is 35.5. The molecule has 1 aromatic carbocycles. The first-order valence-corrected chi connectivity index (χ1v) is 6.46. The van der Waals surface area contributed by atoms with Gasteiger partial charge in [-0.1, -0.05) is 23.2 Å². The Morgan fingerprint density at radius 3 is 2.40 bits per heavy atom. The number of carbonyl (C=O) groups excluding carboxylic acids is 2. The van der Waals surface area contributed by atoms with E-state index in [1.54, 1.807) is 0 Å². The lowest BCUT2D eigenvalue weighted by Gasteiger charge is -2.13. The summed E-state index contributed by atoms with van der Waals surface area (Å²) in [5.74, 6) is -1.55. The second-order valence-corrected chi connectivity index (χ2v) is 5.11. The summed E-state index contributed by atoms with van der Waals surface area (Å²) >= 11 is 11.7. The van der Waals surface area contributed by atoms with Crippen molar-refractivity contribution in [2.75, 3.05) is 4.90 Å². The smallest absolute Gasteiger partial charge is 0.329 e. The van der Waals surface area contributed by atoms with Gasteiger partial charge in [-0.05, 0) is 24.6 Å². The topological polar surface area (TPSA) is 86.7 Å². The van der Waals surface area contributed by atoms with Gasteiger partial charge < -0.3 is 10.4 Å². The maximum absolute atomic E-state index is 12.1. The van der Waals surface area contributed by atoms with E-state index in [4.69, 9.17) is 28.3 Å². The number of hydrogen-bond donors (Lipinski definition) is 2. The molecule has 20 heavy (non-hydrogen) atoms. The van der Waals surface area contributed by atoms with Gasteiger partial charge in [0.05, 0.1) is 5.69 Å². The number of urea groups is 1. The molecular formula is C12H10Cl2N2O4. The Balaban J connectivity index is 2.22. The van der Waals surface area contributed by atoms with Crippen LogP contribution in [0.15, 0.2) is 18.2 Å². The molecule has 1 aliphatic heterocycles. The molecule has 0 radical (unpaired) electrons. The summed E-state index contributed by atoms with van der Waals surface area (Å²) in [7, 11) is 0. The Morgan fingerprint density at radius 2 is 1.85 bits per heavy atom. The Kier molecular flexibility index (Phi) is 4.15. The third-order valence-electron chi connectivity index (χ3n) is 2.77. The van der Waals surface area contributed by atoms with E-state index in [1.165, 1.54) is 18.2 Å². The predicted octanol–water partition coefficient (Wildman–Crippen LogP) is 2.28. The number of carbonyl (C=O) groups is 3. The van der Waals surface area contributed by atoms with E-state index < -0.39 is 23.9 Å². The lowest BCUT2D eigenvalue weighted by Crippen LogP contribution is -2.31. The average Bonchev–Trinajstić information content (AvgIpc) is 2.60. The fourth-order valence-corrected chi connectivity index (χ4v) is 2.42. The van der Waals surface area contributed by atoms with Gasteiger partial charge in [0.15, 0.2) is 0 Å². The van der Waals surface area contributed by atoms with Crippen LogP contribution in [0.5, 0.6) is 0 Å². The number of hydrogen-bond acceptors (Lipinski definition) is 3. The van der Waals surface area contributed by atoms with Crippen LogP contribution in [0.1, 0.15) is 12.8 Å². The number of nitrogens with one attached hydrogen (secondary N) is 1. The second-order valence-electron chi connectivity index (χ2n) is 4.24. The SMILES string of the molecule is O=C(O)CCC1NC(=O)N(c2cc(Cl)cc(Cl)c2)C1=O. The van der Waals surface area contributed by atoms with Crippen LogP contribution in [0.4, 0.5) is 10.5 Å². The zero-order chi connectivity index (χ0) is 14.9. The highest BCUT2D eigenvalue weighted by molar-refractivity contribution is 6.35. The van der Waals surface area contributed by atoms with E-state index in [1.807, 2.05) is 0 Å². The maximum Gasteiger partial charge on any atom is 0.329 e. The number of aliphatic carboxylic acids is 1. The van der Waals surface area contributed by atoms with Crippen LogP contribution < -0.4 is 10.2 Å². The summed E-state index contributed by atoms with van der Waals surface area (Å²) in [6, 6.07) is 2.88. The second kappa shape index (κ2) is 5.68. The zero-order valence-corrected chi connectivity index (χ0v) is 11.6. The molecule has 1 heterocycles. The van der Waals surface area contributed by atoms with E-state index in [2.05, 4.69) is 5.32 Å². The van der Waals surface area contributed by atoms with Gasteiger partial charge in [0.2, 0.25) is 0 Å². The summed E-state index contributed by atoms with van der Waals surface area (Å²) < 4.78 is 0. The van der Waals surface area contributed by atoms with E-state index in [9.17, 15) is 14.4 Å². The minimum absolute atomic E-state index is 0.0324. The molecule has 1 aliphatic rings. The number of benzene rings is 1. The first-order valence-electron chi connectivity index (χ1n) is 5.71. The van der Waals surface area contributed by atoms with Gasteiger partial charge in [-0.3, -0.25) is 9.59 Å². The quantitative estimate of drug-likeness (QED) is 0.834. The Hall–Kier alpha value is -1.79. The Bertz CT molecular complexity index is 571. The first kappa shape index (κ1) is 14.6. The Morgan fingerprint density at radius 1 is 1.25 bits per heavy atom. The zero-order valence-electron chi connectivity index (χ0n) is 10.1. The molecule has 106 valence electrons. The van der Waals surface area contributed by atoms with Crippen LogP contribution in [0.2, 0.25) is 10.0 Å². The van der Waals surface area contributed by atoms with E-state index in [0.717, 1.165) is 4.90 Å². The molecule has 1 fully saturated rings. The maximum atomic E-state index is 12.1. The largest absolute Gasteiger partial charge is 0.481 e. The van der Waals surface area contributed by atoms with Crippen LogP contribution in [0, 0.1) is 0 Å². The van der Waals surface area contributed by atoms with Gasteiger partial charge in [0, 0.05) is 16.5 Å². The molecule has 1 atom stereocenters. The van der Waals surface area contributed by atoms with Crippen molar-refractivity contribution in [1.82, 2.24) is 5.32 Å². The molecule has 1 saturated heterocycles. The van der Waals surface area contributed by atoms with Crippen LogP contribution >= 0.6 is 23.2 Å². The lowest BCUT2D eigenvalue weighted by molar-refractivity contribution is -0.137. The van der Waals surface area contributed by atoms with Crippen molar-refractivity contribution in [3.8, 4) is 0 Å². The number of rotatable bonds is 4. The normalized spacial score (nSPS) is 18.3. The van der Waals surface area contributed by atoms with Gasteiger partial charge >= 0.3 is 12.0 Å². The molecule has 3 amide bonds. The van der Waals surface area contributed by atoms with Crippen molar-refractivity contribution in [2.24, 2.45) is 0 Å². The monoisotopic (exact) mass is 316 g/mol. The summed E-state index contributed by atoms with van der Waals surface area (Å²) in [6.07, 6.45) is -0.175. The number of anilines is 1. The van der Waals surface area contributed by atoms with Gasteiger partial charge in [-0.15, -0.1) is 0 Å². The van der Waals surface area contributed by atoms with Crippen LogP contribution in [0.3, 0.4) is 0 Å². The number of imide groups is 1. The fourth-order valence-electron chi connectivity index (χ4n) is 1.91. The number of carboxylic acid groups (broad SMARTS) is 1. The molecule has 6 nitrogen and oxygen atoms in total. The lowest BCUT2D eigenvalue weighted by atomic mass is 10.1. The summed E-state index contributed by atoms with van der Waals surface area (Å²) in [6.45, 7) is 0. The number of carboxylic acids is 1. The van der Waals surface area contributed by atoms with Crippen molar-refractivity contribution in [3.63, 3.8) is 0 Å². The average molecular weight is 317 g/mol. The molecule has 2 N–H and O–H groups in total. The van der Waals surface area contributed by atoms with Crippen LogP contribution in [-0.4, -0.2) is 29.1 Å². The van der Waals surface area contributed by atoms with Gasteiger partial charge in [-0.2, -0.15) is 0 Å². The molecule has 0 aromatic heterocycles. The third kappa shape index (κ3) is 3.02.